The summed E-state index contributed by atoms with van der Waals surface area (Å²) < 4.78 is 0. The highest BCUT2D eigenvalue weighted by Gasteiger charge is 2.33. The number of benzene rings is 1. The lowest BCUT2D eigenvalue weighted by molar-refractivity contribution is 0.101. The zero-order valence-electron chi connectivity index (χ0n) is 13.6. The van der Waals surface area contributed by atoms with Crippen LogP contribution in [0.5, 0.6) is 17.2 Å². The van der Waals surface area contributed by atoms with Gasteiger partial charge in [-0.05, 0) is 38.5 Å². The molecule has 1 aromatic carbocycles. The standard InChI is InChI=1S/C18H24O4/c1-9(2)12-6-5-10(3)7-13(12)17-15(21)8-14(20)16(11(4)19)18(17)22/h7-9,12-13,20-22H,5-6H2,1-4H3/t12-,13+/m1/s1. The highest BCUT2D eigenvalue weighted by atomic mass is 16.3. The van der Waals surface area contributed by atoms with Crippen LogP contribution in [0.4, 0.5) is 0 Å². The smallest absolute Gasteiger partial charge is 0.167 e. The van der Waals surface area contributed by atoms with Gasteiger partial charge in [-0.25, -0.2) is 0 Å². The van der Waals surface area contributed by atoms with Crippen molar-refractivity contribution >= 4 is 5.78 Å². The highest BCUT2D eigenvalue weighted by Crippen LogP contribution is 2.49. The van der Waals surface area contributed by atoms with Gasteiger partial charge in [-0.3, -0.25) is 4.79 Å². The van der Waals surface area contributed by atoms with E-state index >= 15 is 0 Å². The number of carbonyl (C=O) groups is 1. The van der Waals surface area contributed by atoms with Gasteiger partial charge >= 0.3 is 0 Å². The normalized spacial score (nSPS) is 21.8. The van der Waals surface area contributed by atoms with E-state index in [-0.39, 0.29) is 34.6 Å². The minimum atomic E-state index is -0.422. The third kappa shape index (κ3) is 2.82. The quantitative estimate of drug-likeness (QED) is 0.580. The first-order valence-corrected chi connectivity index (χ1v) is 7.70. The van der Waals surface area contributed by atoms with E-state index in [0.29, 0.717) is 11.5 Å². The van der Waals surface area contributed by atoms with E-state index < -0.39 is 5.78 Å². The topological polar surface area (TPSA) is 77.8 Å². The second kappa shape index (κ2) is 6.03. The molecular formula is C18H24O4. The number of hydrogen-bond acceptors (Lipinski definition) is 4. The first-order chi connectivity index (χ1) is 10.2. The summed E-state index contributed by atoms with van der Waals surface area (Å²) in [5.41, 5.74) is 1.44. The Kier molecular flexibility index (Phi) is 4.50. The Labute approximate surface area is 131 Å². The SMILES string of the molecule is CC(=O)c1c(O)cc(O)c([C@H]2C=C(C)CC[C@@H]2C(C)C)c1O. The summed E-state index contributed by atoms with van der Waals surface area (Å²) in [5, 5.41) is 30.6. The van der Waals surface area contributed by atoms with E-state index in [2.05, 4.69) is 19.9 Å². The summed E-state index contributed by atoms with van der Waals surface area (Å²) in [6, 6.07) is 1.15. The summed E-state index contributed by atoms with van der Waals surface area (Å²) in [6.07, 6.45) is 4.03. The summed E-state index contributed by atoms with van der Waals surface area (Å²) in [6.45, 7) is 7.56. The average Bonchev–Trinajstić information content (AvgIpc) is 2.36. The lowest BCUT2D eigenvalue weighted by Crippen LogP contribution is -2.21. The summed E-state index contributed by atoms with van der Waals surface area (Å²) in [4.78, 5) is 11.7. The lowest BCUT2D eigenvalue weighted by atomic mass is 9.71. The van der Waals surface area contributed by atoms with Gasteiger partial charge in [-0.15, -0.1) is 0 Å². The Hall–Kier alpha value is -1.97. The number of carbonyl (C=O) groups excluding carboxylic acids is 1. The summed E-state index contributed by atoms with van der Waals surface area (Å²) in [7, 11) is 0. The van der Waals surface area contributed by atoms with E-state index in [9.17, 15) is 20.1 Å². The van der Waals surface area contributed by atoms with E-state index in [1.165, 1.54) is 12.5 Å². The molecule has 0 aromatic heterocycles. The molecular weight excluding hydrogens is 280 g/mol. The first-order valence-electron chi connectivity index (χ1n) is 7.70. The fourth-order valence-corrected chi connectivity index (χ4v) is 3.47. The van der Waals surface area contributed by atoms with Crippen LogP contribution in [0.1, 0.15) is 62.4 Å². The van der Waals surface area contributed by atoms with Gasteiger partial charge in [0.15, 0.2) is 5.78 Å². The van der Waals surface area contributed by atoms with Gasteiger partial charge in [-0.1, -0.05) is 25.5 Å². The van der Waals surface area contributed by atoms with Crippen molar-refractivity contribution in [2.45, 2.75) is 46.5 Å². The Morgan fingerprint density at radius 3 is 2.41 bits per heavy atom. The average molecular weight is 304 g/mol. The fourth-order valence-electron chi connectivity index (χ4n) is 3.47. The van der Waals surface area contributed by atoms with E-state index in [1.54, 1.807) is 0 Å². The molecule has 4 nitrogen and oxygen atoms in total. The molecule has 2 atom stereocenters. The van der Waals surface area contributed by atoms with Crippen LogP contribution in [0.3, 0.4) is 0 Å². The van der Waals surface area contributed by atoms with Crippen molar-refractivity contribution in [2.24, 2.45) is 11.8 Å². The second-order valence-corrected chi connectivity index (χ2v) is 6.59. The number of hydrogen-bond donors (Lipinski definition) is 3. The van der Waals surface area contributed by atoms with Crippen molar-refractivity contribution < 1.29 is 20.1 Å². The fraction of sp³-hybridized carbons (Fsp3) is 0.500. The molecule has 2 rings (SSSR count). The van der Waals surface area contributed by atoms with E-state index in [4.69, 9.17) is 0 Å². The molecule has 0 unspecified atom stereocenters. The molecule has 1 aromatic rings. The van der Waals surface area contributed by atoms with Crippen LogP contribution in [0.25, 0.3) is 0 Å². The number of allylic oxidation sites excluding steroid dienone is 2. The molecule has 120 valence electrons. The summed E-state index contributed by atoms with van der Waals surface area (Å²) in [5.74, 6) is -0.786. The minimum absolute atomic E-state index is 0.119. The number of rotatable bonds is 3. The molecule has 0 aliphatic heterocycles. The molecule has 4 heteroatoms. The number of aromatic hydroxyl groups is 3. The molecule has 22 heavy (non-hydrogen) atoms. The van der Waals surface area contributed by atoms with Crippen molar-refractivity contribution in [3.8, 4) is 17.2 Å². The van der Waals surface area contributed by atoms with Crippen LogP contribution in [-0.2, 0) is 0 Å². The molecule has 0 saturated carbocycles. The van der Waals surface area contributed by atoms with Gasteiger partial charge in [0.25, 0.3) is 0 Å². The number of phenolic OH excluding ortho intramolecular Hbond substituents is 3. The lowest BCUT2D eigenvalue weighted by Gasteiger charge is -2.34. The molecule has 0 spiro atoms. The summed E-state index contributed by atoms with van der Waals surface area (Å²) >= 11 is 0. The van der Waals surface area contributed by atoms with E-state index in [1.807, 2.05) is 6.92 Å². The Morgan fingerprint density at radius 1 is 1.23 bits per heavy atom. The monoisotopic (exact) mass is 304 g/mol. The van der Waals surface area contributed by atoms with Crippen LogP contribution in [-0.4, -0.2) is 21.1 Å². The number of ketones is 1. The van der Waals surface area contributed by atoms with Crippen molar-refractivity contribution in [2.75, 3.05) is 0 Å². The highest BCUT2D eigenvalue weighted by molar-refractivity contribution is 6.00. The number of phenols is 3. The molecule has 0 bridgehead atoms. The molecule has 0 saturated heterocycles. The molecule has 0 radical (unpaired) electrons. The van der Waals surface area contributed by atoms with Crippen molar-refractivity contribution in [1.82, 2.24) is 0 Å². The van der Waals surface area contributed by atoms with Crippen LogP contribution >= 0.6 is 0 Å². The van der Waals surface area contributed by atoms with Crippen molar-refractivity contribution in [3.63, 3.8) is 0 Å². The maximum absolute atomic E-state index is 11.7. The predicted octanol–water partition coefficient (Wildman–Crippen LogP) is 4.10. The van der Waals surface area contributed by atoms with E-state index in [0.717, 1.165) is 18.9 Å². The van der Waals surface area contributed by atoms with Gasteiger partial charge in [0, 0.05) is 17.5 Å². The van der Waals surface area contributed by atoms with Crippen LogP contribution in [0, 0.1) is 11.8 Å². The van der Waals surface area contributed by atoms with Gasteiger partial charge in [-0.2, -0.15) is 0 Å². The Balaban J connectivity index is 2.66. The van der Waals surface area contributed by atoms with Crippen LogP contribution < -0.4 is 0 Å². The second-order valence-electron chi connectivity index (χ2n) is 6.59. The van der Waals surface area contributed by atoms with Crippen molar-refractivity contribution in [1.29, 1.82) is 0 Å². The molecule has 0 heterocycles. The minimum Gasteiger partial charge on any atom is -0.507 e. The largest absolute Gasteiger partial charge is 0.507 e. The Bertz CT molecular complexity index is 628. The zero-order chi connectivity index (χ0) is 16.6. The van der Waals surface area contributed by atoms with Crippen molar-refractivity contribution in [3.05, 3.63) is 28.8 Å². The zero-order valence-corrected chi connectivity index (χ0v) is 13.6. The molecule has 1 aliphatic carbocycles. The number of Topliss-reactive ketones (excluding diaryl/α,β-unsaturated/α-hetero) is 1. The third-order valence-electron chi connectivity index (χ3n) is 4.64. The van der Waals surface area contributed by atoms with Gasteiger partial charge in [0.2, 0.25) is 0 Å². The van der Waals surface area contributed by atoms with Gasteiger partial charge in [0.1, 0.15) is 22.8 Å². The Morgan fingerprint density at radius 2 is 1.86 bits per heavy atom. The molecule has 3 N–H and O–H groups in total. The maximum atomic E-state index is 11.7. The molecule has 0 fully saturated rings. The van der Waals surface area contributed by atoms with Gasteiger partial charge < -0.3 is 15.3 Å². The van der Waals surface area contributed by atoms with Gasteiger partial charge in [0.05, 0.1) is 0 Å². The third-order valence-corrected chi connectivity index (χ3v) is 4.64. The maximum Gasteiger partial charge on any atom is 0.167 e. The van der Waals surface area contributed by atoms with Crippen LogP contribution in [0.15, 0.2) is 17.7 Å². The molecule has 1 aliphatic rings. The molecule has 0 amide bonds. The predicted molar refractivity (Wildman–Crippen MR) is 85.5 cm³/mol. The first kappa shape index (κ1) is 16.4. The van der Waals surface area contributed by atoms with Crippen LogP contribution in [0.2, 0.25) is 0 Å².